The molecule has 0 N–H and O–H groups in total. The maximum absolute atomic E-state index is 14.9. The molecular formula is C43H51NO. The molecule has 0 spiro atoms. The van der Waals surface area contributed by atoms with Gasteiger partial charge in [0.05, 0.1) is 5.57 Å². The van der Waals surface area contributed by atoms with Crippen molar-refractivity contribution in [2.24, 2.45) is 10.8 Å². The van der Waals surface area contributed by atoms with Gasteiger partial charge in [-0.1, -0.05) is 115 Å². The van der Waals surface area contributed by atoms with Gasteiger partial charge in [0, 0.05) is 41.4 Å². The lowest BCUT2D eigenvalue weighted by Crippen LogP contribution is -2.35. The van der Waals surface area contributed by atoms with Crippen LogP contribution in [0.25, 0.3) is 27.5 Å². The quantitative estimate of drug-likeness (QED) is 0.172. The normalized spacial score (nSPS) is 14.5. The Morgan fingerprint density at radius 1 is 0.844 bits per heavy atom. The third-order valence-corrected chi connectivity index (χ3v) is 10.4. The van der Waals surface area contributed by atoms with Crippen LogP contribution in [0.2, 0.25) is 0 Å². The molecule has 2 heteroatoms. The standard InChI is InChI=1S/C43H51NO/c1-10-12-18-31-19-13-14-22-33(31)40-39-35-24-16-21-32-20-15-23-34(37(32)35)38(39)36(41(40)45)30(5)44(29(3)4)28-27-43(8,9)26-17-25-42(6,7)11-2/h1,13-16,19-24,29H,5,11-12,17-18,25-28H2,2-4,6-9H3. The summed E-state index contributed by atoms with van der Waals surface area (Å²) in [6.07, 6.45) is 13.0. The van der Waals surface area contributed by atoms with Crippen LogP contribution in [0.4, 0.5) is 0 Å². The van der Waals surface area contributed by atoms with Crippen molar-refractivity contribution in [2.75, 3.05) is 6.54 Å². The maximum Gasteiger partial charge on any atom is 0.196 e. The molecule has 5 rings (SSSR count). The van der Waals surface area contributed by atoms with E-state index in [1.165, 1.54) is 36.5 Å². The van der Waals surface area contributed by atoms with Crippen molar-refractivity contribution in [3.8, 4) is 12.3 Å². The molecule has 45 heavy (non-hydrogen) atoms. The molecule has 0 heterocycles. The van der Waals surface area contributed by atoms with Crippen LogP contribution in [-0.4, -0.2) is 23.3 Å². The van der Waals surface area contributed by atoms with Crippen LogP contribution in [-0.2, 0) is 11.2 Å². The summed E-state index contributed by atoms with van der Waals surface area (Å²) >= 11 is 0. The van der Waals surface area contributed by atoms with Gasteiger partial charge >= 0.3 is 0 Å². The maximum atomic E-state index is 14.9. The Hall–Kier alpha value is -3.83. The fourth-order valence-corrected chi connectivity index (χ4v) is 7.24. The van der Waals surface area contributed by atoms with E-state index in [9.17, 15) is 4.79 Å². The molecule has 0 saturated carbocycles. The highest BCUT2D eigenvalue weighted by Crippen LogP contribution is 2.56. The Kier molecular flexibility index (Phi) is 9.32. The second-order valence-corrected chi connectivity index (χ2v) is 14.9. The topological polar surface area (TPSA) is 20.3 Å². The predicted octanol–water partition coefficient (Wildman–Crippen LogP) is 10.9. The molecule has 3 aromatic carbocycles. The van der Waals surface area contributed by atoms with E-state index in [1.54, 1.807) is 0 Å². The van der Waals surface area contributed by atoms with Crippen LogP contribution in [0, 0.1) is 23.2 Å². The summed E-state index contributed by atoms with van der Waals surface area (Å²) in [5.41, 5.74) is 9.48. The van der Waals surface area contributed by atoms with Crippen LogP contribution >= 0.6 is 0 Å². The lowest BCUT2D eigenvalue weighted by atomic mass is 9.78. The van der Waals surface area contributed by atoms with Gasteiger partial charge in [-0.25, -0.2) is 0 Å². The van der Waals surface area contributed by atoms with Crippen molar-refractivity contribution in [1.29, 1.82) is 0 Å². The molecule has 2 aliphatic rings. The van der Waals surface area contributed by atoms with Crippen molar-refractivity contribution >= 4 is 33.3 Å². The second-order valence-electron chi connectivity index (χ2n) is 14.9. The smallest absolute Gasteiger partial charge is 0.196 e. The number of hydrogen-bond acceptors (Lipinski definition) is 2. The van der Waals surface area contributed by atoms with Gasteiger partial charge in [0.2, 0.25) is 0 Å². The first-order valence-electron chi connectivity index (χ1n) is 16.9. The summed E-state index contributed by atoms with van der Waals surface area (Å²) in [5, 5.41) is 2.43. The number of ketones is 1. The molecule has 0 aromatic heterocycles. The molecular weight excluding hydrogens is 546 g/mol. The molecule has 234 valence electrons. The zero-order valence-electron chi connectivity index (χ0n) is 28.6. The zero-order valence-corrected chi connectivity index (χ0v) is 28.6. The largest absolute Gasteiger partial charge is 0.369 e. The highest BCUT2D eigenvalue weighted by molar-refractivity contribution is 6.51. The van der Waals surface area contributed by atoms with Crippen molar-refractivity contribution in [3.63, 3.8) is 0 Å². The van der Waals surface area contributed by atoms with E-state index in [2.05, 4.69) is 108 Å². The third kappa shape index (κ3) is 6.33. The second kappa shape index (κ2) is 12.9. The minimum Gasteiger partial charge on any atom is -0.369 e. The average Bonchev–Trinajstić information content (AvgIpc) is 3.48. The molecule has 0 aliphatic heterocycles. The first kappa shape index (κ1) is 32.6. The minimum atomic E-state index is 0.0800. The molecule has 0 amide bonds. The van der Waals surface area contributed by atoms with Gasteiger partial charge in [-0.2, -0.15) is 0 Å². The molecule has 0 radical (unpaired) electrons. The highest BCUT2D eigenvalue weighted by atomic mass is 16.1. The van der Waals surface area contributed by atoms with Crippen molar-refractivity contribution < 1.29 is 4.79 Å². The molecule has 0 unspecified atom stereocenters. The number of carbonyl (C=O) groups is 1. The fourth-order valence-electron chi connectivity index (χ4n) is 7.24. The van der Waals surface area contributed by atoms with Gasteiger partial charge in [-0.15, -0.1) is 12.3 Å². The van der Waals surface area contributed by atoms with Crippen LogP contribution in [0.15, 0.2) is 78.5 Å². The molecule has 0 fully saturated rings. The van der Waals surface area contributed by atoms with Gasteiger partial charge in [-0.05, 0) is 83.4 Å². The van der Waals surface area contributed by atoms with Crippen LogP contribution in [0.3, 0.4) is 0 Å². The van der Waals surface area contributed by atoms with E-state index < -0.39 is 0 Å². The summed E-state index contributed by atoms with van der Waals surface area (Å²) in [6.45, 7) is 21.9. The van der Waals surface area contributed by atoms with Gasteiger partial charge in [-0.3, -0.25) is 4.79 Å². The molecule has 0 atom stereocenters. The minimum absolute atomic E-state index is 0.0800. The lowest BCUT2D eigenvalue weighted by molar-refractivity contribution is -0.110. The van der Waals surface area contributed by atoms with Crippen LogP contribution < -0.4 is 0 Å². The van der Waals surface area contributed by atoms with E-state index in [4.69, 9.17) is 13.0 Å². The van der Waals surface area contributed by atoms with E-state index in [0.29, 0.717) is 11.8 Å². The molecule has 0 bridgehead atoms. The van der Waals surface area contributed by atoms with Crippen LogP contribution in [0.1, 0.15) is 109 Å². The zero-order chi connectivity index (χ0) is 32.5. The Morgan fingerprint density at radius 3 is 2.11 bits per heavy atom. The Balaban J connectivity index is 1.55. The van der Waals surface area contributed by atoms with Gasteiger partial charge in [0.15, 0.2) is 5.78 Å². The number of hydrogen-bond donors (Lipinski definition) is 0. The number of benzene rings is 3. The first-order chi connectivity index (χ1) is 21.4. The number of aryl methyl sites for hydroxylation is 1. The summed E-state index contributed by atoms with van der Waals surface area (Å²) < 4.78 is 0. The number of nitrogens with zero attached hydrogens (tertiary/aromatic N) is 1. The summed E-state index contributed by atoms with van der Waals surface area (Å²) in [4.78, 5) is 17.2. The van der Waals surface area contributed by atoms with E-state index >= 15 is 0 Å². The lowest BCUT2D eigenvalue weighted by Gasteiger charge is -2.35. The third-order valence-electron chi connectivity index (χ3n) is 10.4. The molecule has 0 saturated heterocycles. The van der Waals surface area contributed by atoms with E-state index in [-0.39, 0.29) is 17.2 Å². The Bertz CT molecular complexity index is 1730. The van der Waals surface area contributed by atoms with E-state index in [0.717, 1.165) is 69.6 Å². The summed E-state index contributed by atoms with van der Waals surface area (Å²) in [5.74, 6) is 2.87. The van der Waals surface area contributed by atoms with E-state index in [1.807, 2.05) is 12.1 Å². The van der Waals surface area contributed by atoms with Gasteiger partial charge < -0.3 is 4.90 Å². The highest BCUT2D eigenvalue weighted by Gasteiger charge is 2.42. The molecule has 2 aliphatic carbocycles. The van der Waals surface area contributed by atoms with Crippen molar-refractivity contribution in [3.05, 3.63) is 101 Å². The fraction of sp³-hybridized carbons (Fsp3) is 0.419. The summed E-state index contributed by atoms with van der Waals surface area (Å²) in [7, 11) is 0. The number of Topliss-reactive ketones (excluding diaryl/α,β-unsaturated/α-hetero) is 1. The number of allylic oxidation sites excluding steroid dienone is 4. The molecule has 2 nitrogen and oxygen atoms in total. The predicted molar refractivity (Wildman–Crippen MR) is 194 cm³/mol. The number of carbonyl (C=O) groups excluding carboxylic acids is 1. The summed E-state index contributed by atoms with van der Waals surface area (Å²) in [6, 6.07) is 21.4. The number of fused-ring (bicyclic) bond motifs is 3. The van der Waals surface area contributed by atoms with Gasteiger partial charge in [0.25, 0.3) is 0 Å². The first-order valence-corrected chi connectivity index (χ1v) is 16.9. The van der Waals surface area contributed by atoms with Crippen LogP contribution in [0.5, 0.6) is 0 Å². The molecule has 3 aromatic rings. The van der Waals surface area contributed by atoms with Crippen molar-refractivity contribution in [1.82, 2.24) is 4.90 Å². The average molecular weight is 598 g/mol. The van der Waals surface area contributed by atoms with Crippen molar-refractivity contribution in [2.45, 2.75) is 99.5 Å². The Morgan fingerprint density at radius 2 is 1.47 bits per heavy atom. The number of terminal acetylenes is 1. The number of rotatable bonds is 14. The van der Waals surface area contributed by atoms with Gasteiger partial charge in [0.1, 0.15) is 0 Å². The SMILES string of the molecule is C#CCCc1ccccc1C1=C2C(=C(C(=C)N(CCC(C)(C)CCCC(C)(C)CC)C(C)C)C1=O)c1cccc3cccc2c13. The Labute approximate surface area is 272 Å². The monoisotopic (exact) mass is 597 g/mol.